The highest BCUT2D eigenvalue weighted by Gasteiger charge is 2.17. The number of benzene rings is 1. The maximum atomic E-state index is 12.6. The number of methoxy groups -OCH3 is 1. The van der Waals surface area contributed by atoms with Crippen molar-refractivity contribution in [3.05, 3.63) is 48.2 Å². The third kappa shape index (κ3) is 4.75. The molecule has 2 aromatic rings. The summed E-state index contributed by atoms with van der Waals surface area (Å²) in [5.41, 5.74) is 1.18. The topological polar surface area (TPSA) is 67.4 Å². The van der Waals surface area contributed by atoms with Crippen LogP contribution in [0.15, 0.2) is 42.5 Å². The van der Waals surface area contributed by atoms with Gasteiger partial charge in [0.05, 0.1) is 0 Å². The summed E-state index contributed by atoms with van der Waals surface area (Å²) in [4.78, 5) is 14.2. The second kappa shape index (κ2) is 8.85. The number of carbonyl (C=O) groups excluding carboxylic acids is 1. The number of ether oxygens (including phenoxy) is 1. The van der Waals surface area contributed by atoms with E-state index in [1.54, 1.807) is 24.1 Å². The van der Waals surface area contributed by atoms with Crippen molar-refractivity contribution in [1.29, 1.82) is 0 Å². The van der Waals surface area contributed by atoms with Crippen LogP contribution in [0.3, 0.4) is 0 Å². The summed E-state index contributed by atoms with van der Waals surface area (Å²) in [6.45, 7) is 3.95. The van der Waals surface area contributed by atoms with Gasteiger partial charge in [-0.15, -0.1) is 10.2 Å². The number of nitrogens with zero attached hydrogens (tertiary/aromatic N) is 3. The monoisotopic (exact) mass is 314 g/mol. The minimum Gasteiger partial charge on any atom is -0.385 e. The van der Waals surface area contributed by atoms with E-state index in [0.29, 0.717) is 24.7 Å². The molecule has 1 N–H and O–H groups in total. The summed E-state index contributed by atoms with van der Waals surface area (Å²) in [7, 11) is 1.67. The fraction of sp³-hybridized carbons (Fsp3) is 0.353. The van der Waals surface area contributed by atoms with Gasteiger partial charge in [-0.3, -0.25) is 4.79 Å². The molecule has 0 saturated heterocycles. The van der Waals surface area contributed by atoms with Gasteiger partial charge in [0.15, 0.2) is 5.69 Å². The van der Waals surface area contributed by atoms with Crippen LogP contribution in [-0.2, 0) is 4.74 Å². The van der Waals surface area contributed by atoms with E-state index in [2.05, 4.69) is 15.5 Å². The van der Waals surface area contributed by atoms with Gasteiger partial charge in [-0.05, 0) is 37.6 Å². The molecule has 0 atom stereocenters. The van der Waals surface area contributed by atoms with Crippen molar-refractivity contribution in [3.63, 3.8) is 0 Å². The first-order chi connectivity index (χ1) is 11.3. The van der Waals surface area contributed by atoms with Crippen LogP contribution in [0.4, 0.5) is 11.5 Å². The number of aromatic nitrogens is 2. The largest absolute Gasteiger partial charge is 0.385 e. The van der Waals surface area contributed by atoms with Gasteiger partial charge in [-0.25, -0.2) is 0 Å². The Hall–Kier alpha value is -2.47. The summed E-state index contributed by atoms with van der Waals surface area (Å²) in [6, 6.07) is 13.0. The first-order valence-electron chi connectivity index (χ1n) is 7.69. The molecule has 122 valence electrons. The molecular weight excluding hydrogens is 292 g/mol. The molecule has 0 aliphatic rings. The number of nitrogens with one attached hydrogen (secondary N) is 1. The number of rotatable bonds is 8. The average Bonchev–Trinajstić information content (AvgIpc) is 2.61. The van der Waals surface area contributed by atoms with Gasteiger partial charge in [0.1, 0.15) is 5.82 Å². The van der Waals surface area contributed by atoms with E-state index in [1.165, 1.54) is 0 Å². The molecule has 0 aliphatic heterocycles. The van der Waals surface area contributed by atoms with E-state index < -0.39 is 0 Å². The third-order valence-electron chi connectivity index (χ3n) is 3.34. The van der Waals surface area contributed by atoms with Gasteiger partial charge in [0.2, 0.25) is 0 Å². The van der Waals surface area contributed by atoms with Crippen LogP contribution >= 0.6 is 0 Å². The quantitative estimate of drug-likeness (QED) is 0.759. The molecule has 0 saturated carbocycles. The number of para-hydroxylation sites is 1. The van der Waals surface area contributed by atoms with E-state index in [-0.39, 0.29) is 5.91 Å². The van der Waals surface area contributed by atoms with Crippen molar-refractivity contribution in [3.8, 4) is 0 Å². The van der Waals surface area contributed by atoms with Crippen LogP contribution in [0.5, 0.6) is 0 Å². The zero-order chi connectivity index (χ0) is 16.5. The lowest BCUT2D eigenvalue weighted by Gasteiger charge is -2.20. The Morgan fingerprint density at radius 2 is 1.96 bits per heavy atom. The highest BCUT2D eigenvalue weighted by Crippen LogP contribution is 2.15. The molecule has 6 nitrogen and oxygen atoms in total. The zero-order valence-corrected chi connectivity index (χ0v) is 13.5. The first kappa shape index (κ1) is 16.9. The van der Waals surface area contributed by atoms with Crippen LogP contribution in [0.1, 0.15) is 23.8 Å². The summed E-state index contributed by atoms with van der Waals surface area (Å²) in [5, 5.41) is 11.2. The Morgan fingerprint density at radius 3 is 2.57 bits per heavy atom. The van der Waals surface area contributed by atoms with Crippen LogP contribution in [0.2, 0.25) is 0 Å². The van der Waals surface area contributed by atoms with Crippen molar-refractivity contribution in [2.75, 3.05) is 37.0 Å². The van der Waals surface area contributed by atoms with Crippen LogP contribution in [0, 0.1) is 0 Å². The predicted octanol–water partition coefficient (Wildman–Crippen LogP) is 2.59. The molecule has 23 heavy (non-hydrogen) atoms. The van der Waals surface area contributed by atoms with Gasteiger partial charge in [-0.2, -0.15) is 0 Å². The minimum atomic E-state index is -0.155. The Kier molecular flexibility index (Phi) is 6.50. The van der Waals surface area contributed by atoms with Gasteiger partial charge in [0.25, 0.3) is 5.91 Å². The Labute approximate surface area is 136 Å². The predicted molar refractivity (Wildman–Crippen MR) is 90.8 cm³/mol. The lowest BCUT2D eigenvalue weighted by atomic mass is 10.2. The van der Waals surface area contributed by atoms with E-state index in [4.69, 9.17) is 4.74 Å². The zero-order valence-electron chi connectivity index (χ0n) is 13.5. The molecule has 0 unspecified atom stereocenters. The number of hydrogen-bond donors (Lipinski definition) is 1. The SMILES string of the molecule is CCN(C(=O)c1ccc(NCCCOC)nn1)c1ccccc1. The van der Waals surface area contributed by atoms with Crippen molar-refractivity contribution in [2.24, 2.45) is 0 Å². The molecule has 1 amide bonds. The first-order valence-corrected chi connectivity index (χ1v) is 7.69. The average molecular weight is 314 g/mol. The lowest BCUT2D eigenvalue weighted by molar-refractivity contribution is 0.0982. The molecule has 1 aromatic heterocycles. The molecular formula is C17H22N4O2. The van der Waals surface area contributed by atoms with Crippen molar-refractivity contribution in [2.45, 2.75) is 13.3 Å². The molecule has 0 radical (unpaired) electrons. The van der Waals surface area contributed by atoms with Crippen LogP contribution < -0.4 is 10.2 Å². The number of carbonyl (C=O) groups is 1. The molecule has 0 aliphatic carbocycles. The lowest BCUT2D eigenvalue weighted by Crippen LogP contribution is -2.31. The van der Waals surface area contributed by atoms with E-state index in [9.17, 15) is 4.79 Å². The van der Waals surface area contributed by atoms with Crippen molar-refractivity contribution in [1.82, 2.24) is 10.2 Å². The van der Waals surface area contributed by atoms with Gasteiger partial charge >= 0.3 is 0 Å². The molecule has 2 rings (SSSR count). The molecule has 0 fully saturated rings. The molecule has 6 heteroatoms. The van der Waals surface area contributed by atoms with Crippen LogP contribution in [0.25, 0.3) is 0 Å². The fourth-order valence-corrected chi connectivity index (χ4v) is 2.16. The Bertz CT molecular complexity index is 602. The number of anilines is 2. The molecule has 1 aromatic carbocycles. The number of hydrogen-bond acceptors (Lipinski definition) is 5. The van der Waals surface area contributed by atoms with Gasteiger partial charge in [-0.1, -0.05) is 18.2 Å². The minimum absolute atomic E-state index is 0.155. The van der Waals surface area contributed by atoms with Gasteiger partial charge in [0, 0.05) is 32.5 Å². The standard InChI is InChI=1S/C17H22N4O2/c1-3-21(14-8-5-4-6-9-14)17(22)15-10-11-16(20-19-15)18-12-7-13-23-2/h4-6,8-11H,3,7,12-13H2,1-2H3,(H,18,20). The molecule has 0 spiro atoms. The van der Waals surface area contributed by atoms with E-state index in [0.717, 1.165) is 18.7 Å². The summed E-state index contributed by atoms with van der Waals surface area (Å²) in [6.07, 6.45) is 0.885. The second-order valence-corrected chi connectivity index (χ2v) is 4.96. The highest BCUT2D eigenvalue weighted by atomic mass is 16.5. The maximum Gasteiger partial charge on any atom is 0.278 e. The van der Waals surface area contributed by atoms with E-state index >= 15 is 0 Å². The Morgan fingerprint density at radius 1 is 1.17 bits per heavy atom. The van der Waals surface area contributed by atoms with Crippen LogP contribution in [-0.4, -0.2) is 42.9 Å². The van der Waals surface area contributed by atoms with E-state index in [1.807, 2.05) is 37.3 Å². The molecule has 1 heterocycles. The smallest absolute Gasteiger partial charge is 0.278 e. The van der Waals surface area contributed by atoms with Gasteiger partial charge < -0.3 is 15.0 Å². The highest BCUT2D eigenvalue weighted by molar-refractivity contribution is 6.04. The maximum absolute atomic E-state index is 12.6. The van der Waals surface area contributed by atoms with Crippen molar-refractivity contribution < 1.29 is 9.53 Å². The molecule has 0 bridgehead atoms. The summed E-state index contributed by atoms with van der Waals surface area (Å²) < 4.78 is 4.98. The fourth-order valence-electron chi connectivity index (χ4n) is 2.16. The third-order valence-corrected chi connectivity index (χ3v) is 3.34. The summed E-state index contributed by atoms with van der Waals surface area (Å²) >= 11 is 0. The summed E-state index contributed by atoms with van der Waals surface area (Å²) in [5.74, 6) is 0.498. The Balaban J connectivity index is 2.01. The van der Waals surface area contributed by atoms with Crippen molar-refractivity contribution >= 4 is 17.4 Å². The second-order valence-electron chi connectivity index (χ2n) is 4.96. The number of amides is 1. The normalized spacial score (nSPS) is 10.3.